The summed E-state index contributed by atoms with van der Waals surface area (Å²) in [6.45, 7) is 2.58. The largest absolute Gasteiger partial charge is 0.394 e. The van der Waals surface area contributed by atoms with Crippen LogP contribution < -0.4 is 5.32 Å². The molecule has 1 heterocycles. The Hall–Kier alpha value is -1.24. The predicted molar refractivity (Wildman–Crippen MR) is 63.4 cm³/mol. The van der Waals surface area contributed by atoms with Crippen LogP contribution in [0, 0.1) is 6.92 Å². The molecule has 1 aromatic rings. The fourth-order valence-corrected chi connectivity index (χ4v) is 1.42. The summed E-state index contributed by atoms with van der Waals surface area (Å²) >= 11 is 5.80. The normalized spacial score (nSPS) is 11.4. The van der Waals surface area contributed by atoms with E-state index in [1.807, 2.05) is 0 Å². The van der Waals surface area contributed by atoms with Crippen molar-refractivity contribution in [3.63, 3.8) is 0 Å². The Labute approximate surface area is 104 Å². The number of aldehydes is 1. The standard InChI is InChI=1S/C10H14ClN3O3/c1-6-12-8(11)7(3-15)9(13-6)14-10(2,4-16)5-17/h3,16-17H,4-5H2,1-2H3,(H,12,13,14). The number of anilines is 1. The van der Waals surface area contributed by atoms with Crippen molar-refractivity contribution in [3.05, 3.63) is 16.5 Å². The van der Waals surface area contributed by atoms with Crippen molar-refractivity contribution in [1.29, 1.82) is 0 Å². The van der Waals surface area contributed by atoms with Gasteiger partial charge in [0.2, 0.25) is 0 Å². The van der Waals surface area contributed by atoms with Gasteiger partial charge in [-0.25, -0.2) is 9.97 Å². The second-order valence-corrected chi connectivity index (χ2v) is 4.30. The first-order valence-corrected chi connectivity index (χ1v) is 5.33. The number of carbonyl (C=O) groups excluding carboxylic acids is 1. The summed E-state index contributed by atoms with van der Waals surface area (Å²) in [7, 11) is 0. The van der Waals surface area contributed by atoms with E-state index >= 15 is 0 Å². The van der Waals surface area contributed by atoms with Crippen LogP contribution in [0.15, 0.2) is 0 Å². The molecule has 1 aromatic heterocycles. The van der Waals surface area contributed by atoms with Crippen LogP contribution in [0.4, 0.5) is 5.82 Å². The minimum absolute atomic E-state index is 0.0354. The molecule has 0 atom stereocenters. The summed E-state index contributed by atoms with van der Waals surface area (Å²) in [4.78, 5) is 18.8. The van der Waals surface area contributed by atoms with Gasteiger partial charge in [0.25, 0.3) is 0 Å². The highest BCUT2D eigenvalue weighted by Crippen LogP contribution is 2.22. The molecule has 0 aliphatic carbocycles. The molecule has 0 aliphatic heterocycles. The number of carbonyl (C=O) groups is 1. The summed E-state index contributed by atoms with van der Waals surface area (Å²) in [5, 5.41) is 21.1. The number of aromatic nitrogens is 2. The molecule has 7 heteroatoms. The molecule has 0 fully saturated rings. The topological polar surface area (TPSA) is 95.3 Å². The molecule has 3 N–H and O–H groups in total. The van der Waals surface area contributed by atoms with Crippen molar-refractivity contribution in [2.75, 3.05) is 18.5 Å². The van der Waals surface area contributed by atoms with Gasteiger partial charge in [0.05, 0.1) is 24.3 Å². The Kier molecular flexibility index (Phi) is 4.39. The fraction of sp³-hybridized carbons (Fsp3) is 0.500. The number of hydrogen-bond donors (Lipinski definition) is 3. The third-order valence-corrected chi connectivity index (χ3v) is 2.54. The Morgan fingerprint density at radius 2 is 2.00 bits per heavy atom. The van der Waals surface area contributed by atoms with E-state index in [9.17, 15) is 4.79 Å². The van der Waals surface area contributed by atoms with Gasteiger partial charge >= 0.3 is 0 Å². The smallest absolute Gasteiger partial charge is 0.156 e. The van der Waals surface area contributed by atoms with Crippen molar-refractivity contribution in [1.82, 2.24) is 9.97 Å². The highest BCUT2D eigenvalue weighted by Gasteiger charge is 2.24. The van der Waals surface area contributed by atoms with Crippen molar-refractivity contribution in [3.8, 4) is 0 Å². The Morgan fingerprint density at radius 1 is 1.41 bits per heavy atom. The molecule has 0 saturated carbocycles. The highest BCUT2D eigenvalue weighted by atomic mass is 35.5. The van der Waals surface area contributed by atoms with E-state index in [-0.39, 0.29) is 29.7 Å². The molecular formula is C10H14ClN3O3. The maximum Gasteiger partial charge on any atom is 0.156 e. The van der Waals surface area contributed by atoms with E-state index in [0.717, 1.165) is 0 Å². The third kappa shape index (κ3) is 3.12. The number of aliphatic hydroxyl groups excluding tert-OH is 2. The average molecular weight is 260 g/mol. The number of aliphatic hydroxyl groups is 2. The average Bonchev–Trinajstić information content (AvgIpc) is 2.28. The van der Waals surface area contributed by atoms with Gasteiger partial charge in [-0.3, -0.25) is 4.79 Å². The lowest BCUT2D eigenvalue weighted by Crippen LogP contribution is -2.43. The molecule has 0 unspecified atom stereocenters. The molecule has 0 bridgehead atoms. The van der Waals surface area contributed by atoms with Gasteiger partial charge in [-0.1, -0.05) is 11.6 Å². The molecule has 0 radical (unpaired) electrons. The minimum atomic E-state index is -0.984. The van der Waals surface area contributed by atoms with E-state index in [4.69, 9.17) is 21.8 Å². The number of nitrogens with one attached hydrogen (secondary N) is 1. The fourth-order valence-electron chi connectivity index (χ4n) is 1.16. The molecule has 6 nitrogen and oxygen atoms in total. The summed E-state index contributed by atoms with van der Waals surface area (Å²) < 4.78 is 0. The lowest BCUT2D eigenvalue weighted by atomic mass is 10.1. The first kappa shape index (κ1) is 13.8. The molecular weight excluding hydrogens is 246 g/mol. The van der Waals surface area contributed by atoms with Crippen LogP contribution in [0.25, 0.3) is 0 Å². The molecule has 0 saturated heterocycles. The van der Waals surface area contributed by atoms with Gasteiger partial charge in [0.1, 0.15) is 16.8 Å². The summed E-state index contributed by atoms with van der Waals surface area (Å²) in [5.41, 5.74) is -0.882. The second-order valence-electron chi connectivity index (χ2n) is 3.94. The Morgan fingerprint density at radius 3 is 2.47 bits per heavy atom. The molecule has 0 amide bonds. The van der Waals surface area contributed by atoms with Crippen LogP contribution in [0.5, 0.6) is 0 Å². The number of hydrogen-bond acceptors (Lipinski definition) is 6. The van der Waals surface area contributed by atoms with Crippen LogP contribution >= 0.6 is 11.6 Å². The summed E-state index contributed by atoms with van der Waals surface area (Å²) in [6, 6.07) is 0. The van der Waals surface area contributed by atoms with Crippen molar-refractivity contribution < 1.29 is 15.0 Å². The summed E-state index contributed by atoms with van der Waals surface area (Å²) in [6.07, 6.45) is 0.527. The Balaban J connectivity index is 3.17. The SMILES string of the molecule is Cc1nc(Cl)c(C=O)c(NC(C)(CO)CO)n1. The predicted octanol–water partition coefficient (Wildman–Crippen LogP) is 0.406. The van der Waals surface area contributed by atoms with Crippen molar-refractivity contribution in [2.45, 2.75) is 19.4 Å². The highest BCUT2D eigenvalue weighted by molar-refractivity contribution is 6.32. The van der Waals surface area contributed by atoms with Crippen LogP contribution in [0.3, 0.4) is 0 Å². The molecule has 0 spiro atoms. The van der Waals surface area contributed by atoms with E-state index in [1.165, 1.54) is 0 Å². The zero-order chi connectivity index (χ0) is 13.1. The number of rotatable bonds is 5. The monoisotopic (exact) mass is 259 g/mol. The molecule has 94 valence electrons. The zero-order valence-electron chi connectivity index (χ0n) is 9.57. The lowest BCUT2D eigenvalue weighted by Gasteiger charge is -2.27. The van der Waals surface area contributed by atoms with E-state index in [0.29, 0.717) is 12.1 Å². The van der Waals surface area contributed by atoms with Crippen LogP contribution in [-0.2, 0) is 0 Å². The first-order valence-electron chi connectivity index (χ1n) is 4.95. The van der Waals surface area contributed by atoms with Gasteiger partial charge in [-0.05, 0) is 13.8 Å². The van der Waals surface area contributed by atoms with Crippen LogP contribution in [-0.4, -0.2) is 45.2 Å². The zero-order valence-corrected chi connectivity index (χ0v) is 10.3. The van der Waals surface area contributed by atoms with Gasteiger partial charge in [-0.2, -0.15) is 0 Å². The van der Waals surface area contributed by atoms with Crippen LogP contribution in [0.1, 0.15) is 23.1 Å². The number of aryl methyl sites for hydroxylation is 1. The second kappa shape index (κ2) is 5.39. The van der Waals surface area contributed by atoms with Gasteiger partial charge in [0.15, 0.2) is 6.29 Å². The number of halogens is 1. The number of nitrogens with zero attached hydrogens (tertiary/aromatic N) is 2. The van der Waals surface area contributed by atoms with E-state index < -0.39 is 5.54 Å². The maximum atomic E-state index is 10.9. The first-order chi connectivity index (χ1) is 7.95. The lowest BCUT2D eigenvalue weighted by molar-refractivity contribution is 0.112. The molecule has 1 rings (SSSR count). The Bertz CT molecular complexity index is 422. The van der Waals surface area contributed by atoms with E-state index in [2.05, 4.69) is 15.3 Å². The quantitative estimate of drug-likeness (QED) is 0.524. The molecule has 0 aliphatic rings. The van der Waals surface area contributed by atoms with Gasteiger partial charge in [-0.15, -0.1) is 0 Å². The van der Waals surface area contributed by atoms with Crippen molar-refractivity contribution >= 4 is 23.7 Å². The molecule has 0 aromatic carbocycles. The third-order valence-electron chi connectivity index (χ3n) is 2.25. The maximum absolute atomic E-state index is 10.9. The van der Waals surface area contributed by atoms with Gasteiger partial charge in [0, 0.05) is 0 Å². The van der Waals surface area contributed by atoms with Gasteiger partial charge < -0.3 is 15.5 Å². The van der Waals surface area contributed by atoms with Crippen molar-refractivity contribution in [2.24, 2.45) is 0 Å². The molecule has 17 heavy (non-hydrogen) atoms. The minimum Gasteiger partial charge on any atom is -0.394 e. The summed E-state index contributed by atoms with van der Waals surface area (Å²) in [5.74, 6) is 0.587. The van der Waals surface area contributed by atoms with Crippen LogP contribution in [0.2, 0.25) is 5.15 Å². The van der Waals surface area contributed by atoms with E-state index in [1.54, 1.807) is 13.8 Å².